The Morgan fingerprint density at radius 2 is 1.71 bits per heavy atom. The van der Waals surface area contributed by atoms with Gasteiger partial charge in [0.25, 0.3) is 0 Å². The summed E-state index contributed by atoms with van der Waals surface area (Å²) in [7, 11) is 1.46. The van der Waals surface area contributed by atoms with E-state index in [1.165, 1.54) is 19.4 Å². The highest BCUT2D eigenvalue weighted by molar-refractivity contribution is 5.81. The highest BCUT2D eigenvalue weighted by Gasteiger charge is 2.13. The fourth-order valence-corrected chi connectivity index (χ4v) is 3.93. The van der Waals surface area contributed by atoms with E-state index >= 15 is 0 Å². The van der Waals surface area contributed by atoms with Crippen molar-refractivity contribution in [2.45, 2.75) is 13.8 Å². The number of esters is 1. The molecule has 0 saturated carbocycles. The van der Waals surface area contributed by atoms with Gasteiger partial charge in [0, 0.05) is 41.1 Å². The Hall–Kier alpha value is -5.22. The molecule has 0 fully saturated rings. The van der Waals surface area contributed by atoms with E-state index in [4.69, 9.17) is 20.3 Å². The van der Waals surface area contributed by atoms with Crippen LogP contribution in [0.15, 0.2) is 91.2 Å². The monoisotopic (exact) mass is 555 g/mol. The fraction of sp³-hybridized carbons (Fsp3) is 0.129. The number of allylic oxidation sites excluding steroid dienone is 2. The number of nitrogens with two attached hydrogens (primary N) is 1. The second-order valence-electron chi connectivity index (χ2n) is 9.04. The lowest BCUT2D eigenvalue weighted by molar-refractivity contribution is -0.137. The smallest absolute Gasteiger partial charge is 0.337 e. The van der Waals surface area contributed by atoms with Gasteiger partial charge in [-0.15, -0.1) is 0 Å². The molecular weight excluding hydrogens is 525 g/mol. The van der Waals surface area contributed by atoms with E-state index in [2.05, 4.69) is 20.6 Å². The van der Waals surface area contributed by atoms with Crippen molar-refractivity contribution in [1.29, 1.82) is 0 Å². The van der Waals surface area contributed by atoms with Crippen molar-refractivity contribution in [2.24, 2.45) is 0 Å². The fourth-order valence-electron chi connectivity index (χ4n) is 3.93. The molecule has 2 aromatic heterocycles. The molecule has 2 heterocycles. The van der Waals surface area contributed by atoms with E-state index in [0.29, 0.717) is 17.3 Å². The van der Waals surface area contributed by atoms with Crippen LogP contribution in [0.4, 0.5) is 15.9 Å². The molecule has 0 unspecified atom stereocenters. The Bertz CT molecular complexity index is 1590. The summed E-state index contributed by atoms with van der Waals surface area (Å²) in [6.07, 6.45) is 6.43. The predicted molar refractivity (Wildman–Crippen MR) is 157 cm³/mol. The highest BCUT2D eigenvalue weighted by Crippen LogP contribution is 2.35. The standard InChI is InChI=1S/C31H30FN5O4/c1-19(27-10-7-24(32)17-35-27)14-34-15-20(2)37-25-8-4-21(5-9-25)26-12-23(16-36-31(26)33)22-6-11-28(40-3)29(13-22)41-30(39)18-38/h4-17,34,37-38H,18H2,1-3H3,(H2,33,36)/b19-14+,20-15+. The molecule has 4 aromatic rings. The maximum absolute atomic E-state index is 13.1. The first-order chi connectivity index (χ1) is 19.8. The van der Waals surface area contributed by atoms with Crippen molar-refractivity contribution >= 4 is 23.0 Å². The molecule has 210 valence electrons. The second-order valence-corrected chi connectivity index (χ2v) is 9.04. The Morgan fingerprint density at radius 1 is 0.951 bits per heavy atom. The van der Waals surface area contributed by atoms with Crippen molar-refractivity contribution in [3.05, 3.63) is 103 Å². The summed E-state index contributed by atoms with van der Waals surface area (Å²) >= 11 is 0. The van der Waals surface area contributed by atoms with Gasteiger partial charge in [0.1, 0.15) is 18.2 Å². The van der Waals surface area contributed by atoms with Gasteiger partial charge in [-0.05, 0) is 73.0 Å². The van der Waals surface area contributed by atoms with Gasteiger partial charge in [-0.25, -0.2) is 14.2 Å². The van der Waals surface area contributed by atoms with Crippen molar-refractivity contribution < 1.29 is 23.8 Å². The molecule has 41 heavy (non-hydrogen) atoms. The summed E-state index contributed by atoms with van der Waals surface area (Å²) < 4.78 is 23.5. The Morgan fingerprint density at radius 3 is 2.39 bits per heavy atom. The molecule has 5 N–H and O–H groups in total. The molecule has 10 heteroatoms. The first kappa shape index (κ1) is 28.8. The van der Waals surface area contributed by atoms with E-state index in [1.54, 1.807) is 30.6 Å². The van der Waals surface area contributed by atoms with E-state index in [1.807, 2.05) is 56.4 Å². The van der Waals surface area contributed by atoms with Gasteiger partial charge in [0.05, 0.1) is 19.0 Å². The SMILES string of the molecule is COc1ccc(-c2cnc(N)c(-c3ccc(N/C(C)=C/N/C=C(\C)c4ccc(F)cn4)cc3)c2)cc1OC(=O)CO. The number of carbonyl (C=O) groups excluding carboxylic acids is 1. The number of hydrogen-bond donors (Lipinski definition) is 4. The molecule has 0 saturated heterocycles. The number of nitrogens with zero attached hydrogens (tertiary/aromatic N) is 2. The number of aliphatic hydroxyl groups excluding tert-OH is 1. The maximum atomic E-state index is 13.1. The number of nitrogens with one attached hydrogen (secondary N) is 2. The minimum absolute atomic E-state index is 0.188. The average molecular weight is 556 g/mol. The highest BCUT2D eigenvalue weighted by atomic mass is 19.1. The lowest BCUT2D eigenvalue weighted by atomic mass is 10.0. The third kappa shape index (κ3) is 7.46. The van der Waals surface area contributed by atoms with Crippen LogP contribution in [0.5, 0.6) is 11.5 Å². The summed E-state index contributed by atoms with van der Waals surface area (Å²) in [5.41, 5.74) is 12.6. The van der Waals surface area contributed by atoms with Crippen molar-refractivity contribution in [2.75, 3.05) is 24.8 Å². The molecule has 0 atom stereocenters. The van der Waals surface area contributed by atoms with Crippen LogP contribution in [0.25, 0.3) is 27.8 Å². The minimum Gasteiger partial charge on any atom is -0.493 e. The van der Waals surface area contributed by atoms with Crippen molar-refractivity contribution in [3.8, 4) is 33.8 Å². The second kappa shape index (κ2) is 13.2. The number of hydrogen-bond acceptors (Lipinski definition) is 9. The zero-order chi connectivity index (χ0) is 29.4. The third-order valence-corrected chi connectivity index (χ3v) is 6.04. The van der Waals surface area contributed by atoms with Crippen LogP contribution in [0.2, 0.25) is 0 Å². The predicted octanol–water partition coefficient (Wildman–Crippen LogP) is 5.36. The topological polar surface area (TPSA) is 132 Å². The van der Waals surface area contributed by atoms with Crippen LogP contribution in [-0.2, 0) is 4.79 Å². The molecule has 0 amide bonds. The molecule has 0 bridgehead atoms. The molecule has 9 nitrogen and oxygen atoms in total. The normalized spacial score (nSPS) is 11.6. The number of aromatic nitrogens is 2. The molecule has 0 aliphatic heterocycles. The van der Waals surface area contributed by atoms with Gasteiger partial charge in [-0.2, -0.15) is 0 Å². The molecular formula is C31H30FN5O4. The number of rotatable bonds is 10. The Balaban J connectivity index is 1.47. The summed E-state index contributed by atoms with van der Waals surface area (Å²) in [4.78, 5) is 20.1. The molecule has 0 aliphatic rings. The third-order valence-electron chi connectivity index (χ3n) is 6.04. The summed E-state index contributed by atoms with van der Waals surface area (Å²) in [6.45, 7) is 3.06. The quantitative estimate of drug-likeness (QED) is 0.151. The zero-order valence-electron chi connectivity index (χ0n) is 22.8. The Labute approximate surface area is 237 Å². The number of nitrogen functional groups attached to an aromatic ring is 1. The summed E-state index contributed by atoms with van der Waals surface area (Å²) in [5, 5.41) is 15.5. The first-order valence-corrected chi connectivity index (χ1v) is 12.6. The van der Waals surface area contributed by atoms with Crippen LogP contribution >= 0.6 is 0 Å². The lowest BCUT2D eigenvalue weighted by Crippen LogP contribution is -2.12. The summed E-state index contributed by atoms with van der Waals surface area (Å²) in [5.74, 6) is -0.249. The van der Waals surface area contributed by atoms with Gasteiger partial charge in [-0.3, -0.25) is 4.98 Å². The molecule has 0 aliphatic carbocycles. The van der Waals surface area contributed by atoms with Gasteiger partial charge < -0.3 is 30.9 Å². The van der Waals surface area contributed by atoms with Crippen molar-refractivity contribution in [1.82, 2.24) is 15.3 Å². The number of ether oxygens (including phenoxy) is 2. The van der Waals surface area contributed by atoms with Gasteiger partial charge in [-0.1, -0.05) is 18.2 Å². The first-order valence-electron chi connectivity index (χ1n) is 12.6. The number of aliphatic hydroxyl groups is 1. The number of methoxy groups -OCH3 is 1. The van der Waals surface area contributed by atoms with Gasteiger partial charge >= 0.3 is 5.97 Å². The van der Waals surface area contributed by atoms with Crippen LogP contribution in [0, 0.1) is 5.82 Å². The van der Waals surface area contributed by atoms with Crippen LogP contribution in [0.1, 0.15) is 19.5 Å². The van der Waals surface area contributed by atoms with E-state index in [0.717, 1.165) is 39.2 Å². The number of benzene rings is 2. The average Bonchev–Trinajstić information content (AvgIpc) is 2.98. The number of anilines is 2. The van der Waals surface area contributed by atoms with Gasteiger partial charge in [0.2, 0.25) is 0 Å². The van der Waals surface area contributed by atoms with Crippen molar-refractivity contribution in [3.63, 3.8) is 0 Å². The van der Waals surface area contributed by atoms with Crippen LogP contribution < -0.4 is 25.8 Å². The molecule has 0 radical (unpaired) electrons. The number of carbonyl (C=O) groups is 1. The minimum atomic E-state index is -0.792. The number of pyridine rings is 2. The van der Waals surface area contributed by atoms with Crippen LogP contribution in [0.3, 0.4) is 0 Å². The molecule has 0 spiro atoms. The molecule has 2 aromatic carbocycles. The largest absolute Gasteiger partial charge is 0.493 e. The lowest BCUT2D eigenvalue weighted by Gasteiger charge is -2.13. The number of halogens is 1. The zero-order valence-corrected chi connectivity index (χ0v) is 22.8. The van der Waals surface area contributed by atoms with E-state index < -0.39 is 12.6 Å². The van der Waals surface area contributed by atoms with Crippen LogP contribution in [-0.4, -0.2) is 34.8 Å². The Kier molecular flexibility index (Phi) is 9.28. The summed E-state index contributed by atoms with van der Waals surface area (Å²) in [6, 6.07) is 17.8. The maximum Gasteiger partial charge on any atom is 0.337 e. The van der Waals surface area contributed by atoms with E-state index in [-0.39, 0.29) is 11.6 Å². The van der Waals surface area contributed by atoms with E-state index in [9.17, 15) is 9.18 Å². The van der Waals surface area contributed by atoms with Gasteiger partial charge in [0.15, 0.2) is 11.5 Å². The molecule has 4 rings (SSSR count).